The number of carbonyl (C=O) groups excluding carboxylic acids is 1. The molecular weight excluding hydrogens is 633 g/mol. The van der Waals surface area contributed by atoms with E-state index in [9.17, 15) is 4.79 Å². The van der Waals surface area contributed by atoms with Crippen molar-refractivity contribution in [1.29, 1.82) is 0 Å². The molecule has 8 heteroatoms. The highest BCUT2D eigenvalue weighted by Gasteiger charge is 2.21. The molecule has 0 radical (unpaired) electrons. The summed E-state index contributed by atoms with van der Waals surface area (Å²) in [6.45, 7) is 18.3. The van der Waals surface area contributed by atoms with Crippen LogP contribution in [0.2, 0.25) is 0 Å². The minimum atomic E-state index is 0.149. The number of benzene rings is 1. The third-order valence-electron chi connectivity index (χ3n) is 8.99. The van der Waals surface area contributed by atoms with Crippen molar-refractivity contribution in [2.45, 2.75) is 126 Å². The maximum absolute atomic E-state index is 13.1. The number of nitrogens with zero attached hydrogens (tertiary/aromatic N) is 5. The van der Waals surface area contributed by atoms with Gasteiger partial charge in [-0.25, -0.2) is 9.98 Å². The Kier molecular flexibility index (Phi) is 18.0. The number of hydrazone groups is 1. The number of allylic oxidation sites excluding steroid dienone is 3. The lowest BCUT2D eigenvalue weighted by molar-refractivity contribution is -0.128. The van der Waals surface area contributed by atoms with Gasteiger partial charge in [0.1, 0.15) is 17.2 Å². The van der Waals surface area contributed by atoms with Crippen LogP contribution in [0.25, 0.3) is 0 Å². The average molecular weight is 695 g/mol. The number of amidine groups is 1. The van der Waals surface area contributed by atoms with Gasteiger partial charge in [0.25, 0.3) is 0 Å². The van der Waals surface area contributed by atoms with Crippen LogP contribution in [0.1, 0.15) is 120 Å². The quantitative estimate of drug-likeness (QED) is 0.0646. The standard InChI is InChI=1S/C43H62N6O2/c1-9-14-17-27-44-43(47-37-23-24-40(33(6)32-37)51-39-25-29-48(30-26-39)45-13-5)42-34(7)31-36(35(8)46-42)20-19-21-38(12-4)49(28-18-15-10-2)41(50)22-16-11-3/h13,16-17,22-27,29,31-32,38H,9-12,14-15,18-21,28,30H2,1-8H3,(H,44,47)/b22-16+,27-17+,45-13-. The van der Waals surface area contributed by atoms with Crippen molar-refractivity contribution in [3.8, 4) is 5.75 Å². The summed E-state index contributed by atoms with van der Waals surface area (Å²) in [5.41, 5.74) is 6.10. The van der Waals surface area contributed by atoms with Crippen LogP contribution >= 0.6 is 0 Å². The van der Waals surface area contributed by atoms with Crippen molar-refractivity contribution in [3.63, 3.8) is 0 Å². The minimum Gasteiger partial charge on any atom is -0.457 e. The first-order chi connectivity index (χ1) is 24.7. The van der Waals surface area contributed by atoms with Crippen LogP contribution in [0.3, 0.4) is 0 Å². The Labute approximate surface area is 308 Å². The molecule has 1 N–H and O–H groups in total. The molecule has 2 heterocycles. The van der Waals surface area contributed by atoms with Crippen LogP contribution < -0.4 is 10.1 Å². The summed E-state index contributed by atoms with van der Waals surface area (Å²) in [5.74, 6) is 2.46. The van der Waals surface area contributed by atoms with Gasteiger partial charge in [-0.2, -0.15) is 5.10 Å². The lowest BCUT2D eigenvalue weighted by atomic mass is 9.99. The highest BCUT2D eigenvalue weighted by Crippen LogP contribution is 2.26. The number of hydrogen-bond acceptors (Lipinski definition) is 6. The van der Waals surface area contributed by atoms with E-state index in [0.717, 1.165) is 110 Å². The molecule has 1 aliphatic rings. The summed E-state index contributed by atoms with van der Waals surface area (Å²) in [6.07, 6.45) is 25.4. The maximum Gasteiger partial charge on any atom is 0.246 e. The number of carbonyl (C=O) groups is 1. The molecule has 1 aromatic carbocycles. The molecule has 276 valence electrons. The number of aryl methyl sites for hydroxylation is 4. The van der Waals surface area contributed by atoms with E-state index in [2.05, 4.69) is 75.1 Å². The second-order valence-electron chi connectivity index (χ2n) is 13.2. The fourth-order valence-electron chi connectivity index (χ4n) is 6.09. The molecule has 0 aliphatic carbocycles. The normalized spacial score (nSPS) is 14.2. The van der Waals surface area contributed by atoms with Gasteiger partial charge in [-0.15, -0.1) is 0 Å². The van der Waals surface area contributed by atoms with Gasteiger partial charge < -0.3 is 15.0 Å². The largest absolute Gasteiger partial charge is 0.457 e. The van der Waals surface area contributed by atoms with E-state index >= 15 is 0 Å². The first-order valence-electron chi connectivity index (χ1n) is 19.1. The molecule has 0 saturated carbocycles. The topological polar surface area (TPSA) is 82.4 Å². The summed E-state index contributed by atoms with van der Waals surface area (Å²) in [4.78, 5) is 25.2. The average Bonchev–Trinajstić information content (AvgIpc) is 3.12. The van der Waals surface area contributed by atoms with Crippen LogP contribution in [0.15, 0.2) is 82.9 Å². The van der Waals surface area contributed by atoms with Crippen molar-refractivity contribution in [1.82, 2.24) is 14.9 Å². The molecule has 3 rings (SSSR count). The fourth-order valence-corrected chi connectivity index (χ4v) is 6.09. The number of hydrogen-bond donors (Lipinski definition) is 1. The van der Waals surface area contributed by atoms with Gasteiger partial charge in [-0.1, -0.05) is 65.2 Å². The molecule has 0 bridgehead atoms. The highest BCUT2D eigenvalue weighted by atomic mass is 16.5. The molecule has 0 spiro atoms. The molecule has 0 saturated heterocycles. The van der Waals surface area contributed by atoms with E-state index in [1.807, 2.05) is 61.6 Å². The fraction of sp³-hybridized carbons (Fsp3) is 0.488. The molecule has 1 aliphatic heterocycles. The lowest BCUT2D eigenvalue weighted by Crippen LogP contribution is -2.40. The summed E-state index contributed by atoms with van der Waals surface area (Å²) in [5, 5.41) is 9.70. The van der Waals surface area contributed by atoms with E-state index in [-0.39, 0.29) is 11.9 Å². The summed E-state index contributed by atoms with van der Waals surface area (Å²) in [6, 6.07) is 8.59. The van der Waals surface area contributed by atoms with E-state index in [1.165, 1.54) is 5.56 Å². The van der Waals surface area contributed by atoms with Gasteiger partial charge in [0, 0.05) is 42.6 Å². The van der Waals surface area contributed by atoms with Crippen LogP contribution in [0, 0.1) is 20.8 Å². The van der Waals surface area contributed by atoms with Crippen molar-refractivity contribution in [3.05, 3.63) is 101 Å². The number of amides is 1. The third-order valence-corrected chi connectivity index (χ3v) is 8.99. The molecule has 1 unspecified atom stereocenters. The predicted molar refractivity (Wildman–Crippen MR) is 216 cm³/mol. The second-order valence-corrected chi connectivity index (χ2v) is 13.2. The number of pyridine rings is 1. The van der Waals surface area contributed by atoms with Crippen molar-refractivity contribution in [2.24, 2.45) is 10.1 Å². The van der Waals surface area contributed by atoms with Gasteiger partial charge in [-0.3, -0.25) is 9.80 Å². The molecular formula is C43H62N6O2. The molecule has 1 aromatic heterocycles. The molecule has 0 fully saturated rings. The minimum absolute atomic E-state index is 0.149. The van der Waals surface area contributed by atoms with Crippen LogP contribution in [0.4, 0.5) is 5.69 Å². The van der Waals surface area contributed by atoms with Gasteiger partial charge in [0.15, 0.2) is 5.84 Å². The number of aliphatic imine (C=N–C) groups is 1. The Bertz CT molecular complexity index is 1580. The number of rotatable bonds is 20. The molecule has 1 atom stereocenters. The monoisotopic (exact) mass is 694 g/mol. The summed E-state index contributed by atoms with van der Waals surface area (Å²) >= 11 is 0. The van der Waals surface area contributed by atoms with E-state index in [1.54, 1.807) is 12.3 Å². The predicted octanol–water partition coefficient (Wildman–Crippen LogP) is 10.4. The molecule has 1 amide bonds. The number of nitrogens with one attached hydrogen (secondary N) is 1. The van der Waals surface area contributed by atoms with Crippen LogP contribution in [0.5, 0.6) is 5.75 Å². The molecule has 8 nitrogen and oxygen atoms in total. The first kappa shape index (κ1) is 41.0. The zero-order valence-electron chi connectivity index (χ0n) is 32.5. The Morgan fingerprint density at radius 2 is 1.88 bits per heavy atom. The van der Waals surface area contributed by atoms with E-state index < -0.39 is 0 Å². The summed E-state index contributed by atoms with van der Waals surface area (Å²) < 4.78 is 6.20. The Morgan fingerprint density at radius 3 is 2.55 bits per heavy atom. The van der Waals surface area contributed by atoms with Crippen LogP contribution in [-0.2, 0) is 11.2 Å². The Morgan fingerprint density at radius 1 is 1.06 bits per heavy atom. The van der Waals surface area contributed by atoms with Gasteiger partial charge in [-0.05, 0) is 126 Å². The molecule has 2 aromatic rings. The van der Waals surface area contributed by atoms with Gasteiger partial charge >= 0.3 is 0 Å². The van der Waals surface area contributed by atoms with Crippen molar-refractivity contribution >= 4 is 23.6 Å². The SMILES string of the molecule is C/C=N\N1C=CC(Oc2ccc(NC(=N/C=C/CCC)c3nc(C)c(CCCC(CC)N(CCCCC)C(=O)/C=C/CC)cc3C)cc2C)=CC1. The highest BCUT2D eigenvalue weighted by molar-refractivity contribution is 6.08. The maximum atomic E-state index is 13.1. The first-order valence-corrected chi connectivity index (χ1v) is 19.1. The smallest absolute Gasteiger partial charge is 0.246 e. The zero-order valence-corrected chi connectivity index (χ0v) is 32.5. The number of unbranched alkanes of at least 4 members (excludes halogenated alkanes) is 3. The number of aromatic nitrogens is 1. The van der Waals surface area contributed by atoms with Gasteiger partial charge in [0.2, 0.25) is 5.91 Å². The number of ether oxygens (including phenoxy) is 1. The van der Waals surface area contributed by atoms with Crippen molar-refractivity contribution < 1.29 is 9.53 Å². The van der Waals surface area contributed by atoms with Crippen molar-refractivity contribution in [2.75, 3.05) is 18.4 Å². The number of anilines is 1. The lowest BCUT2D eigenvalue weighted by Gasteiger charge is -2.31. The second kappa shape index (κ2) is 22.4. The van der Waals surface area contributed by atoms with E-state index in [4.69, 9.17) is 14.7 Å². The zero-order chi connectivity index (χ0) is 37.0. The third kappa shape index (κ3) is 13.3. The summed E-state index contributed by atoms with van der Waals surface area (Å²) in [7, 11) is 0. The van der Waals surface area contributed by atoms with Gasteiger partial charge in [0.05, 0.1) is 6.54 Å². The molecule has 51 heavy (non-hydrogen) atoms. The Balaban J connectivity index is 1.76. The van der Waals surface area contributed by atoms with Crippen LogP contribution in [-0.4, -0.2) is 52.0 Å². The Hall–Kier alpha value is -4.46. The van der Waals surface area contributed by atoms with E-state index in [0.29, 0.717) is 12.4 Å².